The lowest BCUT2D eigenvalue weighted by molar-refractivity contribution is -0.205. The molecule has 3 unspecified atom stereocenters. The van der Waals surface area contributed by atoms with E-state index in [1.165, 1.54) is 12.0 Å². The third-order valence-corrected chi connectivity index (χ3v) is 12.8. The van der Waals surface area contributed by atoms with E-state index in [2.05, 4.69) is 54.5 Å². The standard InChI is InChI=1S/C29H45FO3.C3H8/c1-24(2)20-9-12-28(6)21(26(20,4)11-10-22(24)31)8-7-18-19-17-25(3,30)13-15-29(19,23(32)33)16-14-27(18,28)5;1-3-2/h7,19-22,31H,8-17H2,1-6H3,(H,32,33);3H2,1-2H3/t19?,20?,21?,22-,25-,26-,27+,28+,29-;/m0./s1. The Morgan fingerprint density at radius 2 is 1.56 bits per heavy atom. The molecule has 0 radical (unpaired) electrons. The second kappa shape index (κ2) is 8.82. The second-order valence-corrected chi connectivity index (χ2v) is 15.0. The van der Waals surface area contributed by atoms with Gasteiger partial charge in [-0.2, -0.15) is 0 Å². The van der Waals surface area contributed by atoms with E-state index in [0.29, 0.717) is 37.5 Å². The zero-order valence-corrected chi connectivity index (χ0v) is 24.3. The minimum Gasteiger partial charge on any atom is -0.481 e. The summed E-state index contributed by atoms with van der Waals surface area (Å²) in [5.41, 5.74) is -0.717. The lowest BCUT2D eigenvalue weighted by Gasteiger charge is -2.71. The van der Waals surface area contributed by atoms with Crippen LogP contribution >= 0.6 is 0 Å². The smallest absolute Gasteiger partial charge is 0.310 e. The molecule has 0 aliphatic heterocycles. The maximum Gasteiger partial charge on any atom is 0.310 e. The average Bonchev–Trinajstić information content (AvgIpc) is 2.77. The normalized spacial score (nSPS) is 51.2. The molecule has 5 aliphatic rings. The summed E-state index contributed by atoms with van der Waals surface area (Å²) in [7, 11) is 0. The van der Waals surface area contributed by atoms with Crippen molar-refractivity contribution in [2.75, 3.05) is 0 Å². The van der Waals surface area contributed by atoms with Gasteiger partial charge in [0.05, 0.1) is 11.5 Å². The molecule has 0 spiro atoms. The van der Waals surface area contributed by atoms with E-state index in [1.54, 1.807) is 6.92 Å². The SMILES string of the molecule is CC1(C)C2CC[C@]3(C)C(CC=C4C5C[C@@](C)(F)CC[C@]5(C(=O)O)CC[C@]43C)[C@@]2(C)CC[C@@H]1O.CCC. The molecule has 4 saturated carbocycles. The van der Waals surface area contributed by atoms with Crippen LogP contribution in [0, 0.1) is 44.8 Å². The Kier molecular flexibility index (Phi) is 6.89. The number of alkyl halides is 1. The first-order chi connectivity index (χ1) is 16.6. The van der Waals surface area contributed by atoms with Crippen LogP contribution in [0.2, 0.25) is 0 Å². The predicted molar refractivity (Wildman–Crippen MR) is 144 cm³/mol. The van der Waals surface area contributed by atoms with Gasteiger partial charge in [-0.25, -0.2) is 4.39 Å². The molecule has 206 valence electrons. The minimum atomic E-state index is -1.28. The fraction of sp³-hybridized carbons (Fsp3) is 0.906. The van der Waals surface area contributed by atoms with Crippen molar-refractivity contribution in [3.05, 3.63) is 11.6 Å². The topological polar surface area (TPSA) is 57.5 Å². The highest BCUT2D eigenvalue weighted by molar-refractivity contribution is 5.76. The molecule has 36 heavy (non-hydrogen) atoms. The van der Waals surface area contributed by atoms with Crippen LogP contribution in [0.5, 0.6) is 0 Å². The molecule has 5 aliphatic carbocycles. The van der Waals surface area contributed by atoms with E-state index in [1.807, 2.05) is 0 Å². The summed E-state index contributed by atoms with van der Waals surface area (Å²) in [6.07, 6.45) is 11.3. The molecule has 0 saturated heterocycles. The van der Waals surface area contributed by atoms with Gasteiger partial charge >= 0.3 is 5.97 Å². The monoisotopic (exact) mass is 504 g/mol. The number of fused-ring (bicyclic) bond motifs is 7. The van der Waals surface area contributed by atoms with Crippen LogP contribution < -0.4 is 0 Å². The number of rotatable bonds is 1. The van der Waals surface area contributed by atoms with E-state index in [0.717, 1.165) is 38.5 Å². The summed E-state index contributed by atoms with van der Waals surface area (Å²) >= 11 is 0. The first-order valence-electron chi connectivity index (χ1n) is 14.9. The maximum atomic E-state index is 15.3. The number of carboxylic acid groups (broad SMARTS) is 1. The highest BCUT2D eigenvalue weighted by atomic mass is 19.1. The lowest BCUT2D eigenvalue weighted by Crippen LogP contribution is -2.65. The van der Waals surface area contributed by atoms with Crippen molar-refractivity contribution in [1.82, 2.24) is 0 Å². The highest BCUT2D eigenvalue weighted by Gasteiger charge is 2.69. The van der Waals surface area contributed by atoms with Gasteiger partial charge in [-0.3, -0.25) is 4.79 Å². The molecule has 0 aromatic heterocycles. The van der Waals surface area contributed by atoms with Gasteiger partial charge in [0.1, 0.15) is 5.67 Å². The number of halogens is 1. The van der Waals surface area contributed by atoms with E-state index < -0.39 is 17.1 Å². The highest BCUT2D eigenvalue weighted by Crippen LogP contribution is 2.75. The van der Waals surface area contributed by atoms with Crippen molar-refractivity contribution in [3.63, 3.8) is 0 Å². The van der Waals surface area contributed by atoms with Crippen molar-refractivity contribution in [3.8, 4) is 0 Å². The molecular weight excluding hydrogens is 451 g/mol. The molecule has 9 atom stereocenters. The van der Waals surface area contributed by atoms with Crippen LogP contribution in [0.4, 0.5) is 4.39 Å². The van der Waals surface area contributed by atoms with Crippen molar-refractivity contribution in [2.45, 2.75) is 138 Å². The van der Waals surface area contributed by atoms with E-state index in [-0.39, 0.29) is 33.7 Å². The fourth-order valence-corrected chi connectivity index (χ4v) is 10.4. The van der Waals surface area contributed by atoms with Gasteiger partial charge in [-0.05, 0) is 111 Å². The van der Waals surface area contributed by atoms with Gasteiger partial charge in [0.25, 0.3) is 0 Å². The van der Waals surface area contributed by atoms with Crippen LogP contribution in [-0.4, -0.2) is 28.0 Å². The minimum absolute atomic E-state index is 0.0789. The summed E-state index contributed by atoms with van der Waals surface area (Å²) in [5, 5.41) is 21.2. The Bertz CT molecular complexity index is 907. The molecule has 0 aromatic rings. The lowest BCUT2D eigenvalue weighted by atomic mass is 9.33. The number of aliphatic hydroxyl groups is 1. The number of aliphatic hydroxyl groups excluding tert-OH is 1. The molecule has 0 aromatic carbocycles. The summed E-state index contributed by atoms with van der Waals surface area (Å²) in [4.78, 5) is 12.6. The third-order valence-electron chi connectivity index (χ3n) is 12.8. The number of hydrogen-bond acceptors (Lipinski definition) is 2. The van der Waals surface area contributed by atoms with E-state index in [4.69, 9.17) is 0 Å². The zero-order valence-electron chi connectivity index (χ0n) is 24.3. The van der Waals surface area contributed by atoms with Gasteiger partial charge in [-0.15, -0.1) is 0 Å². The summed E-state index contributed by atoms with van der Waals surface area (Å²) < 4.78 is 15.3. The second-order valence-electron chi connectivity index (χ2n) is 15.0. The Hall–Kier alpha value is -0.900. The number of allylic oxidation sites excluding steroid dienone is 2. The van der Waals surface area contributed by atoms with Crippen molar-refractivity contribution >= 4 is 5.97 Å². The third kappa shape index (κ3) is 3.69. The van der Waals surface area contributed by atoms with Crippen LogP contribution in [-0.2, 0) is 4.79 Å². The molecule has 5 rings (SSSR count). The van der Waals surface area contributed by atoms with Gasteiger partial charge in [0, 0.05) is 0 Å². The number of aliphatic carboxylic acids is 1. The summed E-state index contributed by atoms with van der Waals surface area (Å²) in [5.74, 6) is 0.111. The predicted octanol–water partition coefficient (Wildman–Crippen LogP) is 8.35. The number of carbonyl (C=O) groups is 1. The maximum absolute atomic E-state index is 15.3. The van der Waals surface area contributed by atoms with Crippen molar-refractivity contribution < 1.29 is 19.4 Å². The molecule has 0 heterocycles. The summed E-state index contributed by atoms with van der Waals surface area (Å²) in [6, 6.07) is 0. The zero-order chi connectivity index (χ0) is 26.9. The largest absolute Gasteiger partial charge is 0.481 e. The van der Waals surface area contributed by atoms with Crippen molar-refractivity contribution in [1.29, 1.82) is 0 Å². The van der Waals surface area contributed by atoms with Gasteiger partial charge in [-0.1, -0.05) is 66.5 Å². The molecule has 3 nitrogen and oxygen atoms in total. The average molecular weight is 505 g/mol. The Morgan fingerprint density at radius 1 is 0.944 bits per heavy atom. The quantitative estimate of drug-likeness (QED) is 0.353. The van der Waals surface area contributed by atoms with Crippen LogP contribution in [0.25, 0.3) is 0 Å². The molecule has 2 N–H and O–H groups in total. The molecule has 0 bridgehead atoms. The Morgan fingerprint density at radius 3 is 2.17 bits per heavy atom. The molecule has 0 amide bonds. The Labute approximate surface area is 219 Å². The van der Waals surface area contributed by atoms with E-state index >= 15 is 4.39 Å². The van der Waals surface area contributed by atoms with Gasteiger partial charge in [0.15, 0.2) is 0 Å². The van der Waals surface area contributed by atoms with E-state index in [9.17, 15) is 15.0 Å². The van der Waals surface area contributed by atoms with Crippen molar-refractivity contribution in [2.24, 2.45) is 44.8 Å². The first-order valence-corrected chi connectivity index (χ1v) is 14.9. The van der Waals surface area contributed by atoms with Gasteiger partial charge < -0.3 is 10.2 Å². The van der Waals surface area contributed by atoms with Crippen LogP contribution in [0.1, 0.15) is 126 Å². The first kappa shape index (κ1) is 28.1. The molecule has 4 fully saturated rings. The van der Waals surface area contributed by atoms with Crippen LogP contribution in [0.15, 0.2) is 11.6 Å². The number of hydrogen-bond donors (Lipinski definition) is 2. The van der Waals surface area contributed by atoms with Crippen LogP contribution in [0.3, 0.4) is 0 Å². The number of carboxylic acids is 1. The fourth-order valence-electron chi connectivity index (χ4n) is 10.4. The molecular formula is C32H53FO3. The Balaban J connectivity index is 0.000000967. The molecule has 4 heteroatoms. The summed E-state index contributed by atoms with van der Waals surface area (Å²) in [6.45, 7) is 17.8. The van der Waals surface area contributed by atoms with Gasteiger partial charge in [0.2, 0.25) is 0 Å².